The number of rotatable bonds is 4. The molecule has 6 heteroatoms. The number of nitrogens with zero attached hydrogens (tertiary/aromatic N) is 2. The summed E-state index contributed by atoms with van der Waals surface area (Å²) in [6.45, 7) is 1.09. The van der Waals surface area contributed by atoms with E-state index in [0.29, 0.717) is 18.8 Å². The van der Waals surface area contributed by atoms with E-state index in [4.69, 9.17) is 4.74 Å². The van der Waals surface area contributed by atoms with Gasteiger partial charge in [0.2, 0.25) is 0 Å². The van der Waals surface area contributed by atoms with E-state index in [0.717, 1.165) is 23.4 Å². The van der Waals surface area contributed by atoms with Crippen molar-refractivity contribution in [3.05, 3.63) is 51.7 Å². The first-order valence-corrected chi connectivity index (χ1v) is 8.07. The Balaban J connectivity index is 1.81. The Morgan fingerprint density at radius 3 is 3.18 bits per heavy atom. The number of ether oxygens (including phenoxy) is 1. The van der Waals surface area contributed by atoms with Gasteiger partial charge in [-0.25, -0.2) is 9.37 Å². The summed E-state index contributed by atoms with van der Waals surface area (Å²) in [7, 11) is 1.60. The van der Waals surface area contributed by atoms with Crippen molar-refractivity contribution in [3.63, 3.8) is 0 Å². The molecule has 0 saturated carbocycles. The van der Waals surface area contributed by atoms with Crippen molar-refractivity contribution in [1.29, 1.82) is 0 Å². The van der Waals surface area contributed by atoms with E-state index in [9.17, 15) is 9.18 Å². The van der Waals surface area contributed by atoms with Crippen LogP contribution in [0.1, 0.15) is 39.9 Å². The monoisotopic (exact) mass is 320 g/mol. The van der Waals surface area contributed by atoms with Gasteiger partial charge in [-0.15, -0.1) is 11.3 Å². The number of aromatic nitrogens is 1. The Bertz CT molecular complexity index is 674. The maximum absolute atomic E-state index is 13.4. The van der Waals surface area contributed by atoms with E-state index in [-0.39, 0.29) is 17.8 Å². The van der Waals surface area contributed by atoms with Gasteiger partial charge >= 0.3 is 0 Å². The highest BCUT2D eigenvalue weighted by Crippen LogP contribution is 2.33. The molecule has 0 aliphatic carbocycles. The van der Waals surface area contributed by atoms with Crippen LogP contribution in [0, 0.1) is 5.82 Å². The lowest BCUT2D eigenvalue weighted by Gasteiger charge is -2.24. The molecule has 1 atom stereocenters. The number of thiazole rings is 1. The first-order valence-electron chi connectivity index (χ1n) is 7.19. The van der Waals surface area contributed by atoms with Crippen LogP contribution >= 0.6 is 11.3 Å². The Hall–Kier alpha value is -1.79. The maximum atomic E-state index is 13.4. The third kappa shape index (κ3) is 3.03. The van der Waals surface area contributed by atoms with Gasteiger partial charge < -0.3 is 9.64 Å². The molecule has 1 aromatic heterocycles. The molecule has 1 amide bonds. The summed E-state index contributed by atoms with van der Waals surface area (Å²) < 4.78 is 18.5. The molecule has 1 aliphatic rings. The predicted octanol–water partition coefficient (Wildman–Crippen LogP) is 3.41. The van der Waals surface area contributed by atoms with Gasteiger partial charge in [-0.05, 0) is 30.5 Å². The van der Waals surface area contributed by atoms with E-state index in [2.05, 4.69) is 4.98 Å². The van der Waals surface area contributed by atoms with Crippen molar-refractivity contribution in [2.24, 2.45) is 0 Å². The van der Waals surface area contributed by atoms with Gasteiger partial charge in [0, 0.05) is 19.0 Å². The molecular weight excluding hydrogens is 303 g/mol. The molecule has 1 saturated heterocycles. The summed E-state index contributed by atoms with van der Waals surface area (Å²) in [6, 6.07) is 6.41. The first-order chi connectivity index (χ1) is 10.7. The summed E-state index contributed by atoms with van der Waals surface area (Å²) in [4.78, 5) is 18.8. The van der Waals surface area contributed by atoms with Gasteiger partial charge in [0.25, 0.3) is 5.91 Å². The third-order valence-corrected chi connectivity index (χ3v) is 4.61. The molecule has 3 rings (SSSR count). The molecule has 22 heavy (non-hydrogen) atoms. The van der Waals surface area contributed by atoms with Crippen LogP contribution in [-0.4, -0.2) is 29.4 Å². The largest absolute Gasteiger partial charge is 0.378 e. The number of hydrogen-bond acceptors (Lipinski definition) is 4. The standard InChI is InChI=1S/C16H17FN2O2S/c1-21-9-15-18-13(10-22-15)16(20)19-7-3-6-14(19)11-4-2-5-12(17)8-11/h2,4-5,8,10,14H,3,6-7,9H2,1H3. The van der Waals surface area contributed by atoms with Gasteiger partial charge in [-0.2, -0.15) is 0 Å². The highest BCUT2D eigenvalue weighted by Gasteiger charge is 2.31. The summed E-state index contributed by atoms with van der Waals surface area (Å²) in [5, 5.41) is 2.55. The minimum Gasteiger partial charge on any atom is -0.378 e. The zero-order valence-electron chi connectivity index (χ0n) is 12.3. The molecule has 1 fully saturated rings. The lowest BCUT2D eigenvalue weighted by molar-refractivity contribution is 0.0729. The fourth-order valence-corrected chi connectivity index (χ4v) is 3.55. The average Bonchev–Trinajstić information content (AvgIpc) is 3.16. The molecule has 0 bridgehead atoms. The third-order valence-electron chi connectivity index (χ3n) is 3.79. The summed E-state index contributed by atoms with van der Waals surface area (Å²) >= 11 is 1.42. The fourth-order valence-electron chi connectivity index (χ4n) is 2.82. The van der Waals surface area contributed by atoms with E-state index >= 15 is 0 Å². The molecule has 0 N–H and O–H groups in total. The topological polar surface area (TPSA) is 42.4 Å². The fraction of sp³-hybridized carbons (Fsp3) is 0.375. The van der Waals surface area contributed by atoms with E-state index in [1.165, 1.54) is 23.5 Å². The number of carbonyl (C=O) groups excluding carboxylic acids is 1. The second-order valence-electron chi connectivity index (χ2n) is 5.27. The van der Waals surface area contributed by atoms with E-state index in [1.807, 2.05) is 6.07 Å². The van der Waals surface area contributed by atoms with Crippen molar-refractivity contribution in [1.82, 2.24) is 9.88 Å². The highest BCUT2D eigenvalue weighted by atomic mass is 32.1. The number of hydrogen-bond donors (Lipinski definition) is 0. The van der Waals surface area contributed by atoms with Gasteiger partial charge in [0.15, 0.2) is 0 Å². The van der Waals surface area contributed by atoms with Crippen LogP contribution in [0.15, 0.2) is 29.6 Å². The Kier molecular flexibility index (Phi) is 4.49. The zero-order chi connectivity index (χ0) is 15.5. The molecule has 116 valence electrons. The quantitative estimate of drug-likeness (QED) is 0.867. The van der Waals surface area contributed by atoms with Crippen LogP contribution in [0.5, 0.6) is 0 Å². The van der Waals surface area contributed by atoms with Crippen LogP contribution in [0.3, 0.4) is 0 Å². The van der Waals surface area contributed by atoms with Crippen LogP contribution in [0.2, 0.25) is 0 Å². The smallest absolute Gasteiger partial charge is 0.273 e. The molecule has 0 radical (unpaired) electrons. The minimum atomic E-state index is -0.271. The van der Waals surface area contributed by atoms with Gasteiger partial charge in [-0.3, -0.25) is 4.79 Å². The number of benzene rings is 1. The molecule has 1 aliphatic heterocycles. The predicted molar refractivity (Wildman–Crippen MR) is 82.2 cm³/mol. The molecule has 2 aromatic rings. The number of likely N-dealkylation sites (tertiary alicyclic amines) is 1. The van der Waals surface area contributed by atoms with Crippen LogP contribution < -0.4 is 0 Å². The van der Waals surface area contributed by atoms with Crippen LogP contribution in [0.4, 0.5) is 4.39 Å². The summed E-state index contributed by atoms with van der Waals surface area (Å²) in [5.74, 6) is -0.363. The van der Waals surface area contributed by atoms with Crippen molar-refractivity contribution >= 4 is 17.2 Å². The normalized spacial score (nSPS) is 17.9. The average molecular weight is 320 g/mol. The summed E-state index contributed by atoms with van der Waals surface area (Å²) in [5.41, 5.74) is 1.29. The van der Waals surface area contributed by atoms with Crippen molar-refractivity contribution in [3.8, 4) is 0 Å². The second kappa shape index (κ2) is 6.54. The molecule has 2 heterocycles. The zero-order valence-corrected chi connectivity index (χ0v) is 13.1. The minimum absolute atomic E-state index is 0.0734. The molecule has 1 aromatic carbocycles. The molecule has 4 nitrogen and oxygen atoms in total. The van der Waals surface area contributed by atoms with Gasteiger partial charge in [-0.1, -0.05) is 12.1 Å². The maximum Gasteiger partial charge on any atom is 0.273 e. The van der Waals surface area contributed by atoms with Gasteiger partial charge in [0.1, 0.15) is 16.5 Å². The van der Waals surface area contributed by atoms with E-state index in [1.54, 1.807) is 23.5 Å². The molecular formula is C16H17FN2O2S. The Morgan fingerprint density at radius 1 is 1.55 bits per heavy atom. The number of methoxy groups -OCH3 is 1. The highest BCUT2D eigenvalue weighted by molar-refractivity contribution is 7.09. The van der Waals surface area contributed by atoms with Gasteiger partial charge in [0.05, 0.1) is 12.6 Å². The number of halogens is 1. The van der Waals surface area contributed by atoms with Crippen molar-refractivity contribution in [2.75, 3.05) is 13.7 Å². The SMILES string of the molecule is COCc1nc(C(=O)N2CCCC2c2cccc(F)c2)cs1. The molecule has 0 spiro atoms. The Morgan fingerprint density at radius 2 is 2.41 bits per heavy atom. The first kappa shape index (κ1) is 15.1. The second-order valence-corrected chi connectivity index (χ2v) is 6.21. The van der Waals surface area contributed by atoms with Crippen LogP contribution in [0.25, 0.3) is 0 Å². The van der Waals surface area contributed by atoms with Crippen molar-refractivity contribution < 1.29 is 13.9 Å². The lowest BCUT2D eigenvalue weighted by atomic mass is 10.0. The van der Waals surface area contributed by atoms with Crippen LogP contribution in [-0.2, 0) is 11.3 Å². The Labute approximate surface area is 132 Å². The van der Waals surface area contributed by atoms with E-state index < -0.39 is 0 Å². The molecule has 1 unspecified atom stereocenters. The van der Waals surface area contributed by atoms with Crippen molar-refractivity contribution in [2.45, 2.75) is 25.5 Å². The number of carbonyl (C=O) groups is 1. The number of amides is 1. The summed E-state index contributed by atoms with van der Waals surface area (Å²) in [6.07, 6.45) is 1.77. The lowest BCUT2D eigenvalue weighted by Crippen LogP contribution is -2.30.